The predicted octanol–water partition coefficient (Wildman–Crippen LogP) is 1.61. The van der Waals surface area contributed by atoms with Gasteiger partial charge in [0.05, 0.1) is 5.69 Å². The van der Waals surface area contributed by atoms with E-state index in [9.17, 15) is 4.79 Å². The number of hydrazine groups is 1. The van der Waals surface area contributed by atoms with E-state index in [1.165, 1.54) is 6.42 Å². The lowest BCUT2D eigenvalue weighted by molar-refractivity contribution is 0.0740. The Morgan fingerprint density at radius 1 is 1.39 bits per heavy atom. The van der Waals surface area contributed by atoms with Gasteiger partial charge in [-0.15, -0.1) is 0 Å². The topological polar surface area (TPSA) is 63.3 Å². The van der Waals surface area contributed by atoms with E-state index in [1.807, 2.05) is 15.8 Å². The first-order valence-corrected chi connectivity index (χ1v) is 6.72. The molecule has 1 aliphatic heterocycles. The summed E-state index contributed by atoms with van der Waals surface area (Å²) in [5, 5.41) is 2.01. The number of rotatable bonds is 4. The molecule has 1 saturated heterocycles. The Balaban J connectivity index is 2.03. The number of nitrogens with one attached hydrogen (secondary N) is 1. The molecule has 2 rings (SSSR count). The zero-order chi connectivity index (χ0) is 13.0. The molecular formula is C13H22N4O. The van der Waals surface area contributed by atoms with Gasteiger partial charge in [0.2, 0.25) is 0 Å². The molecule has 0 radical (unpaired) electrons. The van der Waals surface area contributed by atoms with Gasteiger partial charge in [-0.05, 0) is 25.3 Å². The molecule has 1 aliphatic rings. The zero-order valence-electron chi connectivity index (χ0n) is 11.0. The second-order valence-electron chi connectivity index (χ2n) is 4.84. The molecule has 18 heavy (non-hydrogen) atoms. The Hall–Kier alpha value is -1.49. The smallest absolute Gasteiger partial charge is 0.282 e. The maximum absolute atomic E-state index is 12.2. The number of carbonyl (C=O) groups excluding carboxylic acids is 1. The minimum Gasteiger partial charge on any atom is -0.397 e. The van der Waals surface area contributed by atoms with Gasteiger partial charge >= 0.3 is 0 Å². The molecule has 5 nitrogen and oxygen atoms in total. The summed E-state index contributed by atoms with van der Waals surface area (Å²) in [5.74, 6) is -0.0537. The van der Waals surface area contributed by atoms with Gasteiger partial charge in [-0.1, -0.05) is 13.3 Å². The number of anilines is 1. The van der Waals surface area contributed by atoms with Crippen molar-refractivity contribution in [3.05, 3.63) is 18.0 Å². The van der Waals surface area contributed by atoms with Gasteiger partial charge in [0.25, 0.3) is 5.91 Å². The van der Waals surface area contributed by atoms with Crippen LogP contribution in [0.3, 0.4) is 0 Å². The Morgan fingerprint density at radius 3 is 2.78 bits per heavy atom. The summed E-state index contributed by atoms with van der Waals surface area (Å²) in [6.07, 6.45) is 6.37. The van der Waals surface area contributed by atoms with E-state index in [2.05, 4.69) is 12.3 Å². The maximum atomic E-state index is 12.2. The molecule has 0 saturated carbocycles. The van der Waals surface area contributed by atoms with Gasteiger partial charge in [-0.3, -0.25) is 10.2 Å². The minimum absolute atomic E-state index is 0.0537. The second-order valence-corrected chi connectivity index (χ2v) is 4.84. The molecule has 0 aliphatic carbocycles. The SMILES string of the molecule is CCCn1cc(N)cc1C(=O)NN1CCCCC1. The van der Waals surface area contributed by atoms with E-state index in [4.69, 9.17) is 5.73 Å². The Bertz CT molecular complexity index is 407. The first-order chi connectivity index (χ1) is 8.70. The lowest BCUT2D eigenvalue weighted by Crippen LogP contribution is -2.45. The fourth-order valence-corrected chi connectivity index (χ4v) is 2.36. The lowest BCUT2D eigenvalue weighted by atomic mass is 10.2. The van der Waals surface area contributed by atoms with Crippen molar-refractivity contribution >= 4 is 11.6 Å². The van der Waals surface area contributed by atoms with Crippen molar-refractivity contribution in [2.45, 2.75) is 39.2 Å². The predicted molar refractivity (Wildman–Crippen MR) is 72.0 cm³/mol. The average molecular weight is 250 g/mol. The molecule has 100 valence electrons. The van der Waals surface area contributed by atoms with Crippen LogP contribution in [-0.4, -0.2) is 28.6 Å². The zero-order valence-corrected chi connectivity index (χ0v) is 11.0. The highest BCUT2D eigenvalue weighted by atomic mass is 16.2. The summed E-state index contributed by atoms with van der Waals surface area (Å²) in [7, 11) is 0. The van der Waals surface area contributed by atoms with E-state index in [-0.39, 0.29) is 5.91 Å². The van der Waals surface area contributed by atoms with E-state index in [0.29, 0.717) is 11.4 Å². The molecule has 0 bridgehead atoms. The summed E-state index contributed by atoms with van der Waals surface area (Å²) in [5.41, 5.74) is 10.0. The van der Waals surface area contributed by atoms with Crippen LogP contribution in [0.2, 0.25) is 0 Å². The highest BCUT2D eigenvalue weighted by molar-refractivity contribution is 5.93. The van der Waals surface area contributed by atoms with Crippen molar-refractivity contribution in [2.24, 2.45) is 0 Å². The van der Waals surface area contributed by atoms with Crippen LogP contribution in [0.4, 0.5) is 5.69 Å². The van der Waals surface area contributed by atoms with Crippen molar-refractivity contribution in [1.29, 1.82) is 0 Å². The van der Waals surface area contributed by atoms with Crippen LogP contribution >= 0.6 is 0 Å². The summed E-state index contributed by atoms with van der Waals surface area (Å²) >= 11 is 0. The summed E-state index contributed by atoms with van der Waals surface area (Å²) in [6, 6.07) is 1.74. The van der Waals surface area contributed by atoms with Crippen molar-refractivity contribution < 1.29 is 4.79 Å². The number of carbonyl (C=O) groups is 1. The van der Waals surface area contributed by atoms with Crippen molar-refractivity contribution in [3.8, 4) is 0 Å². The van der Waals surface area contributed by atoms with E-state index >= 15 is 0 Å². The van der Waals surface area contributed by atoms with Crippen LogP contribution < -0.4 is 11.2 Å². The lowest BCUT2D eigenvalue weighted by Gasteiger charge is -2.26. The highest BCUT2D eigenvalue weighted by Gasteiger charge is 2.17. The molecule has 1 amide bonds. The molecule has 1 fully saturated rings. The van der Waals surface area contributed by atoms with E-state index in [0.717, 1.165) is 38.9 Å². The van der Waals surface area contributed by atoms with Gasteiger partial charge in [0, 0.05) is 25.8 Å². The molecule has 2 heterocycles. The summed E-state index contributed by atoms with van der Waals surface area (Å²) < 4.78 is 1.93. The maximum Gasteiger partial charge on any atom is 0.282 e. The van der Waals surface area contributed by atoms with Gasteiger partial charge < -0.3 is 10.3 Å². The number of aromatic nitrogens is 1. The standard InChI is InChI=1S/C13H22N4O/c1-2-6-16-10-11(14)9-12(16)13(18)15-17-7-4-3-5-8-17/h9-10H,2-8,14H2,1H3,(H,15,18). The molecule has 0 aromatic carbocycles. The number of piperidine rings is 1. The van der Waals surface area contributed by atoms with Crippen LogP contribution in [-0.2, 0) is 6.54 Å². The quantitative estimate of drug-likeness (QED) is 0.853. The van der Waals surface area contributed by atoms with Gasteiger partial charge in [0.15, 0.2) is 0 Å². The van der Waals surface area contributed by atoms with Crippen molar-refractivity contribution in [1.82, 2.24) is 15.0 Å². The molecule has 0 spiro atoms. The van der Waals surface area contributed by atoms with E-state index < -0.39 is 0 Å². The second kappa shape index (κ2) is 5.91. The third-order valence-electron chi connectivity index (χ3n) is 3.23. The number of nitrogen functional groups attached to an aromatic ring is 1. The number of hydrogen-bond acceptors (Lipinski definition) is 3. The summed E-state index contributed by atoms with van der Waals surface area (Å²) in [4.78, 5) is 12.2. The third-order valence-corrected chi connectivity index (χ3v) is 3.23. The Labute approximate surface area is 108 Å². The fraction of sp³-hybridized carbons (Fsp3) is 0.615. The van der Waals surface area contributed by atoms with Gasteiger partial charge in [0.1, 0.15) is 5.69 Å². The molecule has 1 aromatic rings. The number of nitrogens with zero attached hydrogens (tertiary/aromatic N) is 2. The number of aryl methyl sites for hydroxylation is 1. The van der Waals surface area contributed by atoms with Crippen molar-refractivity contribution in [2.75, 3.05) is 18.8 Å². The Morgan fingerprint density at radius 2 is 2.11 bits per heavy atom. The molecular weight excluding hydrogens is 228 g/mol. The summed E-state index contributed by atoms with van der Waals surface area (Å²) in [6.45, 7) is 4.79. The minimum atomic E-state index is -0.0537. The molecule has 3 N–H and O–H groups in total. The van der Waals surface area contributed by atoms with Gasteiger partial charge in [-0.2, -0.15) is 0 Å². The average Bonchev–Trinajstić information content (AvgIpc) is 2.72. The largest absolute Gasteiger partial charge is 0.397 e. The van der Waals surface area contributed by atoms with Crippen LogP contribution in [0.5, 0.6) is 0 Å². The number of amides is 1. The Kier molecular flexibility index (Phi) is 4.25. The van der Waals surface area contributed by atoms with Gasteiger partial charge in [-0.25, -0.2) is 5.01 Å². The first-order valence-electron chi connectivity index (χ1n) is 6.72. The molecule has 5 heteroatoms. The van der Waals surface area contributed by atoms with E-state index in [1.54, 1.807) is 6.07 Å². The normalized spacial score (nSPS) is 16.7. The first kappa shape index (κ1) is 13.0. The molecule has 0 atom stereocenters. The highest BCUT2D eigenvalue weighted by Crippen LogP contribution is 2.12. The number of hydrogen-bond donors (Lipinski definition) is 2. The fourth-order valence-electron chi connectivity index (χ4n) is 2.36. The van der Waals surface area contributed by atoms with Crippen molar-refractivity contribution in [3.63, 3.8) is 0 Å². The third kappa shape index (κ3) is 3.04. The number of nitrogens with two attached hydrogens (primary N) is 1. The molecule has 1 aromatic heterocycles. The molecule has 0 unspecified atom stereocenters. The van der Waals surface area contributed by atoms with Crippen LogP contribution in [0.1, 0.15) is 43.1 Å². The monoisotopic (exact) mass is 250 g/mol. The van der Waals surface area contributed by atoms with Crippen LogP contribution in [0, 0.1) is 0 Å². The van der Waals surface area contributed by atoms with Crippen LogP contribution in [0.25, 0.3) is 0 Å². The van der Waals surface area contributed by atoms with Crippen LogP contribution in [0.15, 0.2) is 12.3 Å².